The van der Waals surface area contributed by atoms with Crippen LogP contribution in [-0.2, 0) is 16.6 Å². The molecule has 7 heteroatoms. The van der Waals surface area contributed by atoms with Crippen molar-refractivity contribution >= 4 is 10.0 Å². The molecular formula is C12H20N4O2S. The molecule has 6 nitrogen and oxygen atoms in total. The fourth-order valence-electron chi connectivity index (χ4n) is 1.65. The quantitative estimate of drug-likeness (QED) is 0.540. The van der Waals surface area contributed by atoms with Crippen LogP contribution in [0.3, 0.4) is 0 Å². The van der Waals surface area contributed by atoms with Crippen LogP contribution in [0.25, 0.3) is 0 Å². The fourth-order valence-corrected chi connectivity index (χ4v) is 3.11. The van der Waals surface area contributed by atoms with Crippen molar-refractivity contribution in [1.82, 2.24) is 19.8 Å². The molecule has 0 bridgehead atoms. The van der Waals surface area contributed by atoms with Crippen molar-refractivity contribution in [1.29, 1.82) is 0 Å². The average Bonchev–Trinajstić information content (AvgIpc) is 2.85. The summed E-state index contributed by atoms with van der Waals surface area (Å²) in [4.78, 5) is 0. The number of terminal acetylenes is 1. The molecule has 0 aromatic carbocycles. The lowest BCUT2D eigenvalue weighted by atomic mass is 10.3. The van der Waals surface area contributed by atoms with Gasteiger partial charge in [-0.1, -0.05) is 19.8 Å². The first-order chi connectivity index (χ1) is 9.07. The molecule has 0 aliphatic carbocycles. The standard InChI is InChI=1S/C12H20N4O2S/c1-4-7-13-9-11-10-14-15-12(11)19(17,18)16(6-3)8-5-2/h2,10,13H,4,6-9H2,1,3H3,(H,14,15). The Morgan fingerprint density at radius 2 is 2.26 bits per heavy atom. The second kappa shape index (κ2) is 7.28. The van der Waals surface area contributed by atoms with E-state index in [0.717, 1.165) is 13.0 Å². The zero-order valence-electron chi connectivity index (χ0n) is 11.3. The molecule has 2 N–H and O–H groups in total. The molecule has 0 unspecified atom stereocenters. The lowest BCUT2D eigenvalue weighted by Gasteiger charge is -2.17. The molecule has 0 radical (unpaired) electrons. The topological polar surface area (TPSA) is 78.1 Å². The molecule has 0 aliphatic rings. The van der Waals surface area contributed by atoms with Crippen LogP contribution in [0.1, 0.15) is 25.8 Å². The van der Waals surface area contributed by atoms with Gasteiger partial charge < -0.3 is 5.32 Å². The number of aromatic amines is 1. The summed E-state index contributed by atoms with van der Waals surface area (Å²) in [6.45, 7) is 5.47. The first-order valence-corrected chi connectivity index (χ1v) is 7.68. The van der Waals surface area contributed by atoms with E-state index in [1.165, 1.54) is 10.5 Å². The Kier molecular flexibility index (Phi) is 6.02. The molecule has 0 saturated heterocycles. The minimum atomic E-state index is -3.60. The number of nitrogens with zero attached hydrogens (tertiary/aromatic N) is 2. The highest BCUT2D eigenvalue weighted by molar-refractivity contribution is 7.89. The van der Waals surface area contributed by atoms with Gasteiger partial charge in [0.25, 0.3) is 10.0 Å². The maximum Gasteiger partial charge on any atom is 0.261 e. The predicted molar refractivity (Wildman–Crippen MR) is 73.9 cm³/mol. The van der Waals surface area contributed by atoms with Crippen LogP contribution in [0.15, 0.2) is 11.2 Å². The Bertz CT molecular complexity index is 530. The molecule has 0 spiro atoms. The fraction of sp³-hybridized carbons (Fsp3) is 0.583. The van der Waals surface area contributed by atoms with Gasteiger partial charge in [-0.25, -0.2) is 8.42 Å². The summed E-state index contributed by atoms with van der Waals surface area (Å²) in [5.74, 6) is 2.36. The highest BCUT2D eigenvalue weighted by Gasteiger charge is 2.26. The molecule has 0 aliphatic heterocycles. The Morgan fingerprint density at radius 3 is 2.84 bits per heavy atom. The molecule has 1 aromatic rings. The number of sulfonamides is 1. The third-order valence-corrected chi connectivity index (χ3v) is 4.58. The van der Waals surface area contributed by atoms with Gasteiger partial charge in [-0.3, -0.25) is 5.10 Å². The van der Waals surface area contributed by atoms with E-state index >= 15 is 0 Å². The van der Waals surface area contributed by atoms with Crippen molar-refractivity contribution < 1.29 is 8.42 Å². The third-order valence-electron chi connectivity index (χ3n) is 2.64. The molecule has 0 saturated carbocycles. The molecule has 0 atom stereocenters. The number of aromatic nitrogens is 2. The molecule has 19 heavy (non-hydrogen) atoms. The van der Waals surface area contributed by atoms with Crippen molar-refractivity contribution in [2.75, 3.05) is 19.6 Å². The van der Waals surface area contributed by atoms with Gasteiger partial charge in [-0.2, -0.15) is 9.40 Å². The second-order valence-electron chi connectivity index (χ2n) is 4.04. The van der Waals surface area contributed by atoms with E-state index < -0.39 is 10.0 Å². The Hall–Kier alpha value is -1.36. The Morgan fingerprint density at radius 1 is 1.53 bits per heavy atom. The first kappa shape index (κ1) is 15.7. The SMILES string of the molecule is C#CCN(CC)S(=O)(=O)c1[nH]ncc1CNCCC. The zero-order valence-corrected chi connectivity index (χ0v) is 12.1. The number of rotatable bonds is 8. The summed E-state index contributed by atoms with van der Waals surface area (Å²) in [5, 5.41) is 9.65. The third kappa shape index (κ3) is 3.80. The van der Waals surface area contributed by atoms with Gasteiger partial charge in [0.05, 0.1) is 12.7 Å². The van der Waals surface area contributed by atoms with E-state index in [4.69, 9.17) is 6.42 Å². The van der Waals surface area contributed by atoms with Crippen LogP contribution < -0.4 is 5.32 Å². The van der Waals surface area contributed by atoms with Crippen molar-refractivity contribution in [3.8, 4) is 12.3 Å². The van der Waals surface area contributed by atoms with E-state index in [9.17, 15) is 8.42 Å². The molecule has 1 rings (SSSR count). The molecule has 0 amide bonds. The number of hydrogen-bond donors (Lipinski definition) is 2. The van der Waals surface area contributed by atoms with Crippen LogP contribution in [0, 0.1) is 12.3 Å². The average molecular weight is 284 g/mol. The first-order valence-electron chi connectivity index (χ1n) is 6.24. The van der Waals surface area contributed by atoms with E-state index in [2.05, 4.69) is 21.4 Å². The van der Waals surface area contributed by atoms with Crippen molar-refractivity contribution in [3.05, 3.63) is 11.8 Å². The van der Waals surface area contributed by atoms with Crippen LogP contribution in [0.2, 0.25) is 0 Å². The van der Waals surface area contributed by atoms with Gasteiger partial charge in [-0.05, 0) is 13.0 Å². The largest absolute Gasteiger partial charge is 0.313 e. The van der Waals surface area contributed by atoms with Crippen molar-refractivity contribution in [3.63, 3.8) is 0 Å². The second-order valence-corrected chi connectivity index (χ2v) is 5.91. The van der Waals surface area contributed by atoms with Crippen LogP contribution in [0.5, 0.6) is 0 Å². The zero-order chi connectivity index (χ0) is 14.3. The molecular weight excluding hydrogens is 264 g/mol. The summed E-state index contributed by atoms with van der Waals surface area (Å²) in [5.41, 5.74) is 0.629. The molecule has 106 valence electrons. The van der Waals surface area contributed by atoms with Crippen LogP contribution in [-0.4, -0.2) is 42.6 Å². The number of nitrogens with one attached hydrogen (secondary N) is 2. The summed E-state index contributed by atoms with van der Waals surface area (Å²) >= 11 is 0. The van der Waals surface area contributed by atoms with E-state index in [1.807, 2.05) is 6.92 Å². The minimum absolute atomic E-state index is 0.0552. The smallest absolute Gasteiger partial charge is 0.261 e. The molecule has 1 aromatic heterocycles. The lowest BCUT2D eigenvalue weighted by Crippen LogP contribution is -2.32. The Balaban J connectivity index is 2.95. The van der Waals surface area contributed by atoms with Gasteiger partial charge in [0.1, 0.15) is 0 Å². The summed E-state index contributed by atoms with van der Waals surface area (Å²) < 4.78 is 26.0. The lowest BCUT2D eigenvalue weighted by molar-refractivity contribution is 0.459. The van der Waals surface area contributed by atoms with Gasteiger partial charge in [0.15, 0.2) is 5.03 Å². The molecule has 0 fully saturated rings. The van der Waals surface area contributed by atoms with Crippen molar-refractivity contribution in [2.45, 2.75) is 31.8 Å². The highest BCUT2D eigenvalue weighted by atomic mass is 32.2. The summed E-state index contributed by atoms with van der Waals surface area (Å²) in [6, 6.07) is 0. The predicted octanol–water partition coefficient (Wildman–Crippen LogP) is 0.553. The monoisotopic (exact) mass is 284 g/mol. The maximum absolute atomic E-state index is 12.4. The Labute approximate surface area is 114 Å². The number of H-pyrrole nitrogens is 1. The van der Waals surface area contributed by atoms with E-state index in [1.54, 1.807) is 6.92 Å². The van der Waals surface area contributed by atoms with Crippen molar-refractivity contribution in [2.24, 2.45) is 0 Å². The summed E-state index contributed by atoms with van der Waals surface area (Å²) in [6.07, 6.45) is 7.71. The maximum atomic E-state index is 12.4. The van der Waals surface area contributed by atoms with Gasteiger partial charge in [0.2, 0.25) is 0 Å². The highest BCUT2D eigenvalue weighted by Crippen LogP contribution is 2.17. The van der Waals surface area contributed by atoms with Gasteiger partial charge in [-0.15, -0.1) is 6.42 Å². The van der Waals surface area contributed by atoms with E-state index in [-0.39, 0.29) is 11.6 Å². The molecule has 1 heterocycles. The normalized spacial score (nSPS) is 11.7. The van der Waals surface area contributed by atoms with Gasteiger partial charge >= 0.3 is 0 Å². The van der Waals surface area contributed by atoms with Gasteiger partial charge in [0, 0.05) is 18.7 Å². The van der Waals surface area contributed by atoms with Crippen LogP contribution >= 0.6 is 0 Å². The van der Waals surface area contributed by atoms with Crippen LogP contribution in [0.4, 0.5) is 0 Å². The summed E-state index contributed by atoms with van der Waals surface area (Å²) in [7, 11) is -3.60. The number of hydrogen-bond acceptors (Lipinski definition) is 4. The minimum Gasteiger partial charge on any atom is -0.313 e. The van der Waals surface area contributed by atoms with E-state index in [0.29, 0.717) is 18.7 Å².